The van der Waals surface area contributed by atoms with Crippen molar-refractivity contribution < 1.29 is 41.2 Å². The van der Waals surface area contributed by atoms with E-state index < -0.39 is 16.1 Å². The van der Waals surface area contributed by atoms with Crippen LogP contribution in [-0.2, 0) is 26.7 Å². The molecule has 4 amide bonds. The monoisotopic (exact) mass is 786 g/mol. The number of rotatable bonds is 7. The largest absolute Gasteiger partial charge is 0.399 e. The molecule has 0 bridgehead atoms. The molecule has 4 saturated heterocycles. The van der Waals surface area contributed by atoms with Gasteiger partial charge in [-0.2, -0.15) is 0 Å². The van der Waals surface area contributed by atoms with Gasteiger partial charge in [0, 0.05) is 95.7 Å². The zero-order chi connectivity index (χ0) is 34.7. The molecule has 0 aliphatic carbocycles. The fraction of sp³-hybridized carbons (Fsp3) is 0.375. The predicted molar refractivity (Wildman–Crippen MR) is 198 cm³/mol. The van der Waals surface area contributed by atoms with Gasteiger partial charge in [-0.25, -0.2) is 0 Å². The number of nitro groups is 1. The quantitative estimate of drug-likeness (QED) is 0.120. The van der Waals surface area contributed by atoms with Crippen LogP contribution in [0.3, 0.4) is 0 Å². The third-order valence-electron chi connectivity index (χ3n) is 8.60. The number of hydrogen-bond donors (Lipinski definition) is 3. The van der Waals surface area contributed by atoms with Crippen molar-refractivity contribution in [3.8, 4) is 0 Å². The van der Waals surface area contributed by atoms with E-state index >= 15 is 0 Å². The summed E-state index contributed by atoms with van der Waals surface area (Å²) in [6, 6.07) is 11.2. The Kier molecular flexibility index (Phi) is 14.4. The van der Waals surface area contributed by atoms with Crippen LogP contribution < -0.4 is 26.2 Å². The van der Waals surface area contributed by atoms with Crippen molar-refractivity contribution in [1.82, 2.24) is 20.4 Å². The van der Waals surface area contributed by atoms with E-state index in [1.165, 1.54) is 12.1 Å². The van der Waals surface area contributed by atoms with Crippen LogP contribution in [0.4, 0.5) is 32.3 Å². The van der Waals surface area contributed by atoms with Crippen LogP contribution in [0.1, 0.15) is 24.0 Å². The molecule has 4 heterocycles. The first-order valence-electron chi connectivity index (χ1n) is 15.3. The number of amides is 4. The number of nitrogen functional groups attached to an aromatic ring is 1. The van der Waals surface area contributed by atoms with E-state index in [1.807, 2.05) is 32.3 Å². The Balaban J connectivity index is 0.000000261. The molecule has 4 aliphatic rings. The smallest absolute Gasteiger partial charge is 0.290 e. The molecular formula is C32H39ClFeN8O6S2. The SMILES string of the molecule is CN(C)C1CCN(c2ccc(N)cc2/C=C2\SC(=O)NC2=O)C1.CN(C)C1CCN(c2ccc([N+](=O)[O-])cc2/C=C2\SC(=O)NC2=O)C1.Cl.[Fe]. The van der Waals surface area contributed by atoms with Crippen LogP contribution in [0.25, 0.3) is 12.2 Å². The van der Waals surface area contributed by atoms with Crippen molar-refractivity contribution in [1.29, 1.82) is 0 Å². The summed E-state index contributed by atoms with van der Waals surface area (Å²) in [5.74, 6) is -0.819. The number of nitrogens with one attached hydrogen (secondary N) is 2. The Morgan fingerprint density at radius 1 is 0.800 bits per heavy atom. The minimum atomic E-state index is -0.472. The number of benzene rings is 2. The number of imide groups is 2. The van der Waals surface area contributed by atoms with Crippen molar-refractivity contribution in [2.24, 2.45) is 0 Å². The van der Waals surface area contributed by atoms with E-state index in [0.717, 1.165) is 79.5 Å². The Morgan fingerprint density at radius 3 is 1.62 bits per heavy atom. The van der Waals surface area contributed by atoms with Gasteiger partial charge in [0.15, 0.2) is 0 Å². The first kappa shape index (κ1) is 40.9. The zero-order valence-electron chi connectivity index (χ0n) is 27.9. The average Bonchev–Trinajstić information content (AvgIpc) is 3.82. The summed E-state index contributed by atoms with van der Waals surface area (Å²) in [5, 5.41) is 14.8. The van der Waals surface area contributed by atoms with Crippen LogP contribution in [0.2, 0.25) is 0 Å². The fourth-order valence-electron chi connectivity index (χ4n) is 5.92. The number of thioether (sulfide) groups is 2. The van der Waals surface area contributed by atoms with Gasteiger partial charge in [0.25, 0.3) is 28.0 Å². The molecule has 4 aliphatic heterocycles. The number of nitrogens with two attached hydrogens (primary N) is 1. The second kappa shape index (κ2) is 17.6. The summed E-state index contributed by atoms with van der Waals surface area (Å²) < 4.78 is 0. The van der Waals surface area contributed by atoms with Gasteiger partial charge < -0.3 is 25.3 Å². The number of hydrogen-bond acceptors (Lipinski definition) is 13. The minimum Gasteiger partial charge on any atom is -0.399 e. The second-order valence-electron chi connectivity index (χ2n) is 12.2. The normalized spacial score (nSPS) is 21.7. The molecule has 50 heavy (non-hydrogen) atoms. The van der Waals surface area contributed by atoms with Gasteiger partial charge in [-0.15, -0.1) is 12.4 Å². The first-order valence-corrected chi connectivity index (χ1v) is 16.9. The summed E-state index contributed by atoms with van der Waals surface area (Å²) in [4.78, 5) is 66.4. The molecule has 14 nitrogen and oxygen atoms in total. The molecule has 6 rings (SSSR count). The second-order valence-corrected chi connectivity index (χ2v) is 14.3. The molecule has 0 radical (unpaired) electrons. The molecule has 0 aromatic heterocycles. The zero-order valence-corrected chi connectivity index (χ0v) is 31.4. The molecule has 0 saturated carbocycles. The van der Waals surface area contributed by atoms with E-state index in [4.69, 9.17) is 5.73 Å². The molecule has 2 unspecified atom stereocenters. The van der Waals surface area contributed by atoms with Crippen LogP contribution in [0.15, 0.2) is 46.2 Å². The van der Waals surface area contributed by atoms with E-state index in [9.17, 15) is 29.3 Å². The number of likely N-dealkylation sites (N-methyl/N-ethyl adjacent to an activating group) is 2. The summed E-state index contributed by atoms with van der Waals surface area (Å²) in [6.07, 6.45) is 5.39. The topological polar surface area (TPSA) is 174 Å². The third-order valence-corrected chi connectivity index (χ3v) is 10.2. The molecule has 270 valence electrons. The fourth-order valence-corrected chi connectivity index (χ4v) is 7.27. The van der Waals surface area contributed by atoms with Crippen molar-refractivity contribution >= 4 is 93.1 Å². The summed E-state index contributed by atoms with van der Waals surface area (Å²) in [5.41, 5.74) is 9.81. The van der Waals surface area contributed by atoms with Crippen molar-refractivity contribution in [3.63, 3.8) is 0 Å². The van der Waals surface area contributed by atoms with E-state index in [0.29, 0.717) is 28.2 Å². The summed E-state index contributed by atoms with van der Waals surface area (Å²) in [7, 11) is 8.23. The van der Waals surface area contributed by atoms with Gasteiger partial charge in [0.2, 0.25) is 0 Å². The van der Waals surface area contributed by atoms with Gasteiger partial charge >= 0.3 is 0 Å². The molecule has 18 heteroatoms. The van der Waals surface area contributed by atoms with Crippen LogP contribution in [0, 0.1) is 10.1 Å². The van der Waals surface area contributed by atoms with Gasteiger partial charge in [-0.05, 0) is 101 Å². The maximum absolute atomic E-state index is 11.8. The van der Waals surface area contributed by atoms with Crippen molar-refractivity contribution in [2.45, 2.75) is 24.9 Å². The van der Waals surface area contributed by atoms with Gasteiger partial charge in [-0.3, -0.25) is 39.9 Å². The Labute approximate surface area is 315 Å². The number of halogens is 1. The Bertz CT molecular complexity index is 1730. The van der Waals surface area contributed by atoms with E-state index in [1.54, 1.807) is 18.2 Å². The molecular weight excluding hydrogens is 748 g/mol. The molecule has 0 spiro atoms. The van der Waals surface area contributed by atoms with E-state index in [2.05, 4.69) is 44.3 Å². The minimum absolute atomic E-state index is 0. The van der Waals surface area contributed by atoms with Gasteiger partial charge in [0.05, 0.1) is 14.7 Å². The molecule has 4 N–H and O–H groups in total. The first-order chi connectivity index (χ1) is 22.8. The number of carbonyl (C=O) groups is 4. The molecule has 2 aromatic carbocycles. The standard InChI is InChI=1S/C16H18N4O4S.C16H20N4O2S.ClH.Fe/c1-18(2)12-5-6-19(9-12)13-4-3-11(20(23)24)7-10(13)8-14-15(21)17-16(22)25-14;1-19(2)12-5-6-20(9-12)13-4-3-11(17)7-10(13)8-14-15(21)18-16(22)23-14;;/h3-4,7-8,12H,5-6,9H2,1-2H3,(H,17,21,22);3-4,7-8,12H,5-6,9,17H2,1-2H3,(H,18,21,22);1H;/b2*14-8-;;. The maximum atomic E-state index is 11.8. The number of carbonyl (C=O) groups excluding carboxylic acids is 4. The Morgan fingerprint density at radius 2 is 1.24 bits per heavy atom. The van der Waals surface area contributed by atoms with Crippen LogP contribution in [0.5, 0.6) is 0 Å². The molecule has 2 aromatic rings. The van der Waals surface area contributed by atoms with Crippen molar-refractivity contribution in [3.05, 3.63) is 67.4 Å². The average molecular weight is 787 g/mol. The molecule has 2 atom stereocenters. The molecule has 4 fully saturated rings. The summed E-state index contributed by atoms with van der Waals surface area (Å²) >= 11 is 1.73. The number of nitrogens with zero attached hydrogens (tertiary/aromatic N) is 5. The predicted octanol–water partition coefficient (Wildman–Crippen LogP) is 4.21. The van der Waals surface area contributed by atoms with Crippen molar-refractivity contribution in [2.75, 3.05) is 69.9 Å². The number of anilines is 3. The van der Waals surface area contributed by atoms with Crippen LogP contribution in [-0.4, -0.2) is 103 Å². The number of nitro benzene ring substituents is 1. The van der Waals surface area contributed by atoms with Gasteiger partial charge in [0.1, 0.15) is 0 Å². The maximum Gasteiger partial charge on any atom is 0.290 e. The van der Waals surface area contributed by atoms with Gasteiger partial charge in [-0.1, -0.05) is 0 Å². The number of non-ortho nitro benzene ring substituents is 1. The van der Waals surface area contributed by atoms with Crippen LogP contribution >= 0.6 is 35.9 Å². The summed E-state index contributed by atoms with van der Waals surface area (Å²) in [6.45, 7) is 3.53. The Hall–Kier alpha value is -3.57. The van der Waals surface area contributed by atoms with E-state index in [-0.39, 0.29) is 51.2 Å². The third kappa shape index (κ3) is 9.81.